The van der Waals surface area contributed by atoms with Gasteiger partial charge in [0.25, 0.3) is 5.91 Å². The van der Waals surface area contributed by atoms with Gasteiger partial charge in [0.2, 0.25) is 5.88 Å². The lowest BCUT2D eigenvalue weighted by atomic mass is 10.1. The van der Waals surface area contributed by atoms with E-state index in [0.29, 0.717) is 34.6 Å². The highest BCUT2D eigenvalue weighted by molar-refractivity contribution is 6.33. The van der Waals surface area contributed by atoms with Crippen LogP contribution < -0.4 is 4.74 Å². The van der Waals surface area contributed by atoms with Crippen molar-refractivity contribution >= 4 is 29.1 Å². The predicted octanol–water partition coefficient (Wildman–Crippen LogP) is 3.29. The van der Waals surface area contributed by atoms with E-state index < -0.39 is 0 Å². The van der Waals surface area contributed by atoms with E-state index in [-0.39, 0.29) is 12.0 Å². The number of benzene rings is 1. The maximum Gasteiger partial charge on any atom is 0.255 e. The van der Waals surface area contributed by atoms with E-state index in [1.54, 1.807) is 47.5 Å². The van der Waals surface area contributed by atoms with Crippen molar-refractivity contribution in [2.75, 3.05) is 13.1 Å². The molecule has 3 rings (SSSR count). The predicted molar refractivity (Wildman–Crippen MR) is 81.0 cm³/mol. The van der Waals surface area contributed by atoms with Crippen molar-refractivity contribution in [1.29, 1.82) is 0 Å². The fourth-order valence-corrected chi connectivity index (χ4v) is 2.48. The number of ether oxygens (including phenoxy) is 1. The number of likely N-dealkylation sites (tertiary alicyclic amines) is 1. The van der Waals surface area contributed by atoms with Gasteiger partial charge in [-0.25, -0.2) is 4.98 Å². The Balaban J connectivity index is 1.60. The first-order valence-corrected chi connectivity index (χ1v) is 7.21. The van der Waals surface area contributed by atoms with E-state index in [1.165, 1.54) is 0 Å². The maximum atomic E-state index is 12.3. The Hall–Kier alpha value is -1.78. The molecule has 1 fully saturated rings. The number of amides is 1. The molecule has 2 heterocycles. The van der Waals surface area contributed by atoms with Crippen LogP contribution in [0.15, 0.2) is 42.6 Å². The van der Waals surface area contributed by atoms with Crippen LogP contribution in [0.3, 0.4) is 0 Å². The van der Waals surface area contributed by atoms with Crippen LogP contribution in [-0.4, -0.2) is 35.0 Å². The van der Waals surface area contributed by atoms with Crippen molar-refractivity contribution in [2.24, 2.45) is 0 Å². The number of aromatic nitrogens is 1. The van der Waals surface area contributed by atoms with E-state index in [2.05, 4.69) is 4.98 Å². The van der Waals surface area contributed by atoms with Crippen molar-refractivity contribution in [2.45, 2.75) is 6.10 Å². The third-order valence-electron chi connectivity index (χ3n) is 3.24. The van der Waals surface area contributed by atoms with Gasteiger partial charge in [-0.2, -0.15) is 0 Å². The second-order valence-corrected chi connectivity index (χ2v) is 5.53. The molecule has 1 aromatic carbocycles. The molecule has 2 aromatic rings. The highest BCUT2D eigenvalue weighted by Crippen LogP contribution is 2.25. The molecule has 0 unspecified atom stereocenters. The van der Waals surface area contributed by atoms with Crippen LogP contribution in [0.4, 0.5) is 0 Å². The molecule has 6 heteroatoms. The first-order valence-electron chi connectivity index (χ1n) is 6.46. The number of hydrogen-bond acceptors (Lipinski definition) is 3. The van der Waals surface area contributed by atoms with Crippen molar-refractivity contribution in [3.8, 4) is 5.88 Å². The topological polar surface area (TPSA) is 42.4 Å². The molecule has 0 radical (unpaired) electrons. The average molecular weight is 323 g/mol. The van der Waals surface area contributed by atoms with Crippen LogP contribution in [0.5, 0.6) is 5.88 Å². The Labute approximate surface area is 132 Å². The molecule has 1 aliphatic rings. The highest BCUT2D eigenvalue weighted by Gasteiger charge is 2.34. The molecule has 1 saturated heterocycles. The summed E-state index contributed by atoms with van der Waals surface area (Å²) in [5.74, 6) is 0.307. The Morgan fingerprint density at radius 1 is 1.14 bits per heavy atom. The smallest absolute Gasteiger partial charge is 0.255 e. The Morgan fingerprint density at radius 2 is 1.86 bits per heavy atom. The average Bonchev–Trinajstić information content (AvgIpc) is 2.44. The maximum absolute atomic E-state index is 12.3. The molecule has 4 nitrogen and oxygen atoms in total. The molecule has 0 bridgehead atoms. The molecule has 108 valence electrons. The van der Waals surface area contributed by atoms with Crippen molar-refractivity contribution in [3.05, 3.63) is 58.2 Å². The molecule has 1 aromatic heterocycles. The fourth-order valence-electron chi connectivity index (χ4n) is 2.10. The third-order valence-corrected chi connectivity index (χ3v) is 3.86. The first kappa shape index (κ1) is 14.2. The minimum Gasteiger partial charge on any atom is -0.470 e. The molecule has 0 atom stereocenters. The van der Waals surface area contributed by atoms with Crippen LogP contribution in [-0.2, 0) is 0 Å². The number of carbonyl (C=O) groups is 1. The van der Waals surface area contributed by atoms with E-state index in [9.17, 15) is 4.79 Å². The molecule has 1 amide bonds. The van der Waals surface area contributed by atoms with Gasteiger partial charge in [0.1, 0.15) is 11.1 Å². The van der Waals surface area contributed by atoms with Gasteiger partial charge in [0.15, 0.2) is 0 Å². The Kier molecular flexibility index (Phi) is 3.99. The summed E-state index contributed by atoms with van der Waals surface area (Å²) in [5.41, 5.74) is 0.508. The number of nitrogens with zero attached hydrogens (tertiary/aromatic N) is 2. The quantitative estimate of drug-likeness (QED) is 0.870. The number of pyridine rings is 1. The molecular weight excluding hydrogens is 311 g/mol. The van der Waals surface area contributed by atoms with Gasteiger partial charge in [-0.05, 0) is 24.3 Å². The monoisotopic (exact) mass is 322 g/mol. The van der Waals surface area contributed by atoms with Gasteiger partial charge in [-0.15, -0.1) is 0 Å². The zero-order valence-electron chi connectivity index (χ0n) is 11.0. The van der Waals surface area contributed by atoms with Crippen LogP contribution in [0.25, 0.3) is 0 Å². The van der Waals surface area contributed by atoms with Crippen LogP contribution in [0, 0.1) is 0 Å². The van der Waals surface area contributed by atoms with Gasteiger partial charge in [0, 0.05) is 6.20 Å². The summed E-state index contributed by atoms with van der Waals surface area (Å²) in [6, 6.07) is 10.5. The zero-order chi connectivity index (χ0) is 14.8. The Morgan fingerprint density at radius 3 is 2.57 bits per heavy atom. The SMILES string of the molecule is O=C(c1ccccc1Cl)N1CC(Oc2ncccc2Cl)C1. The summed E-state index contributed by atoms with van der Waals surface area (Å²) in [6.45, 7) is 0.994. The van der Waals surface area contributed by atoms with Crippen LogP contribution >= 0.6 is 23.2 Å². The van der Waals surface area contributed by atoms with E-state index in [1.807, 2.05) is 0 Å². The molecule has 1 aliphatic heterocycles. The van der Waals surface area contributed by atoms with E-state index in [0.717, 1.165) is 0 Å². The van der Waals surface area contributed by atoms with Crippen molar-refractivity contribution in [3.63, 3.8) is 0 Å². The van der Waals surface area contributed by atoms with Crippen LogP contribution in [0.2, 0.25) is 10.0 Å². The number of carbonyl (C=O) groups excluding carboxylic acids is 1. The molecule has 0 saturated carbocycles. The third kappa shape index (κ3) is 2.96. The van der Waals surface area contributed by atoms with Crippen molar-refractivity contribution in [1.82, 2.24) is 9.88 Å². The van der Waals surface area contributed by atoms with Gasteiger partial charge >= 0.3 is 0 Å². The van der Waals surface area contributed by atoms with Gasteiger partial charge < -0.3 is 9.64 Å². The molecule has 0 N–H and O–H groups in total. The minimum atomic E-state index is -0.0937. The molecule has 0 spiro atoms. The van der Waals surface area contributed by atoms with E-state index >= 15 is 0 Å². The lowest BCUT2D eigenvalue weighted by Crippen LogP contribution is -2.56. The number of hydrogen-bond donors (Lipinski definition) is 0. The van der Waals surface area contributed by atoms with Crippen molar-refractivity contribution < 1.29 is 9.53 Å². The molecule has 21 heavy (non-hydrogen) atoms. The van der Waals surface area contributed by atoms with Crippen LogP contribution in [0.1, 0.15) is 10.4 Å². The second kappa shape index (κ2) is 5.92. The van der Waals surface area contributed by atoms with Gasteiger partial charge in [0.05, 0.1) is 23.7 Å². The fraction of sp³-hybridized carbons (Fsp3) is 0.200. The highest BCUT2D eigenvalue weighted by atomic mass is 35.5. The summed E-state index contributed by atoms with van der Waals surface area (Å²) < 4.78 is 5.66. The summed E-state index contributed by atoms with van der Waals surface area (Å²) in [7, 11) is 0. The van der Waals surface area contributed by atoms with Gasteiger partial charge in [-0.1, -0.05) is 35.3 Å². The summed E-state index contributed by atoms with van der Waals surface area (Å²) >= 11 is 12.0. The molecular formula is C15H12Cl2N2O2. The summed E-state index contributed by atoms with van der Waals surface area (Å²) in [6.07, 6.45) is 1.52. The lowest BCUT2D eigenvalue weighted by molar-refractivity contribution is 0.0161. The largest absolute Gasteiger partial charge is 0.470 e. The standard InChI is InChI=1S/C15H12Cl2N2O2/c16-12-5-2-1-4-11(12)15(20)19-8-10(9-19)21-14-13(17)6-3-7-18-14/h1-7,10H,8-9H2. The van der Waals surface area contributed by atoms with Gasteiger partial charge in [-0.3, -0.25) is 4.79 Å². The van der Waals surface area contributed by atoms with E-state index in [4.69, 9.17) is 27.9 Å². The Bertz CT molecular complexity index is 672. The number of rotatable bonds is 3. The summed E-state index contributed by atoms with van der Waals surface area (Å²) in [5, 5.41) is 0.924. The normalized spacial score (nSPS) is 14.7. The zero-order valence-corrected chi connectivity index (χ0v) is 12.5. The lowest BCUT2D eigenvalue weighted by Gasteiger charge is -2.38. The number of halogens is 2. The first-order chi connectivity index (χ1) is 10.1. The molecule has 0 aliphatic carbocycles. The second-order valence-electron chi connectivity index (χ2n) is 4.72. The minimum absolute atomic E-state index is 0.0902. The summed E-state index contributed by atoms with van der Waals surface area (Å²) in [4.78, 5) is 18.0.